The molecule has 0 saturated carbocycles. The van der Waals surface area contributed by atoms with E-state index in [2.05, 4.69) is 20.0 Å². The molecule has 0 bridgehead atoms. The maximum Gasteiger partial charge on any atom is 0.406 e. The molecule has 1 N–H and O–H groups in total. The minimum Gasteiger partial charge on any atom is -0.453 e. The van der Waals surface area contributed by atoms with Crippen LogP contribution in [-0.2, 0) is 11.2 Å². The number of aromatic nitrogens is 2. The Hall–Kier alpha value is -2.81. The van der Waals surface area contributed by atoms with E-state index in [1.54, 1.807) is 11.1 Å². The highest BCUT2D eigenvalue weighted by atomic mass is 32.2. The van der Waals surface area contributed by atoms with Gasteiger partial charge in [-0.2, -0.15) is 0 Å². The van der Waals surface area contributed by atoms with Gasteiger partial charge in [-0.05, 0) is 30.4 Å². The summed E-state index contributed by atoms with van der Waals surface area (Å²) in [5, 5.41) is 3.31. The van der Waals surface area contributed by atoms with Crippen LogP contribution in [0.3, 0.4) is 0 Å². The van der Waals surface area contributed by atoms with Crippen LogP contribution in [0.4, 0.5) is 16.3 Å². The van der Waals surface area contributed by atoms with Crippen LogP contribution in [-0.4, -0.2) is 62.0 Å². The third-order valence-electron chi connectivity index (χ3n) is 4.52. The Labute approximate surface area is 168 Å². The van der Waals surface area contributed by atoms with Crippen LogP contribution in [0, 0.1) is 0 Å². The molecule has 2 heterocycles. The van der Waals surface area contributed by atoms with E-state index in [1.807, 2.05) is 42.5 Å². The molecule has 9 heteroatoms. The molecule has 1 aromatic carbocycles. The van der Waals surface area contributed by atoms with Gasteiger partial charge in [-0.3, -0.25) is 4.79 Å². The van der Waals surface area contributed by atoms with Gasteiger partial charge in [0.2, 0.25) is 0 Å². The molecule has 0 aliphatic carbocycles. The summed E-state index contributed by atoms with van der Waals surface area (Å²) in [6, 6.07) is 7.77. The summed E-state index contributed by atoms with van der Waals surface area (Å²) in [4.78, 5) is 36.9. The lowest BCUT2D eigenvalue weighted by atomic mass is 10.1. The number of likely N-dealkylation sites (N-methyl/N-ethyl adjacent to an activating group) is 1. The molecule has 0 spiro atoms. The predicted molar refractivity (Wildman–Crippen MR) is 109 cm³/mol. The van der Waals surface area contributed by atoms with Gasteiger partial charge < -0.3 is 19.9 Å². The number of methoxy groups -OCH3 is 1. The van der Waals surface area contributed by atoms with Gasteiger partial charge >= 0.3 is 6.09 Å². The number of rotatable bonds is 5. The average Bonchev–Trinajstić information content (AvgIpc) is 2.84. The molecule has 1 aromatic heterocycles. The summed E-state index contributed by atoms with van der Waals surface area (Å²) in [5.74, 6) is 0.544. The molecule has 2 amide bonds. The minimum atomic E-state index is -0.455. The first-order valence-corrected chi connectivity index (χ1v) is 10.1. The number of carbonyl (C=O) groups excluding carboxylic acids is 2. The first-order chi connectivity index (χ1) is 13.5. The number of benzene rings is 1. The topological polar surface area (TPSA) is 87.7 Å². The molecule has 1 aliphatic heterocycles. The average molecular weight is 401 g/mol. The smallest absolute Gasteiger partial charge is 0.406 e. The van der Waals surface area contributed by atoms with Gasteiger partial charge in [0.25, 0.3) is 5.91 Å². The first-order valence-electron chi connectivity index (χ1n) is 8.88. The number of hydrogen-bond donors (Lipinski definition) is 1. The van der Waals surface area contributed by atoms with E-state index in [-0.39, 0.29) is 5.91 Å². The summed E-state index contributed by atoms with van der Waals surface area (Å²) >= 11 is 1.45. The quantitative estimate of drug-likeness (QED) is 0.607. The summed E-state index contributed by atoms with van der Waals surface area (Å²) < 4.78 is 4.57. The maximum atomic E-state index is 13.2. The van der Waals surface area contributed by atoms with Crippen LogP contribution in [0.1, 0.15) is 15.9 Å². The highest BCUT2D eigenvalue weighted by molar-refractivity contribution is 7.98. The fourth-order valence-corrected chi connectivity index (χ4v) is 3.34. The van der Waals surface area contributed by atoms with Crippen molar-refractivity contribution in [1.82, 2.24) is 15.3 Å². The van der Waals surface area contributed by atoms with E-state index in [0.29, 0.717) is 42.6 Å². The van der Waals surface area contributed by atoms with Crippen molar-refractivity contribution in [1.29, 1.82) is 0 Å². The van der Waals surface area contributed by atoms with E-state index < -0.39 is 6.09 Å². The van der Waals surface area contributed by atoms with Crippen molar-refractivity contribution in [3.05, 3.63) is 41.6 Å². The second kappa shape index (κ2) is 8.92. The number of thioether (sulfide) groups is 1. The Morgan fingerprint density at radius 1 is 1.36 bits per heavy atom. The number of amides is 2. The molecular weight excluding hydrogens is 378 g/mol. The van der Waals surface area contributed by atoms with Crippen molar-refractivity contribution in [3.8, 4) is 0 Å². The van der Waals surface area contributed by atoms with Crippen molar-refractivity contribution in [2.24, 2.45) is 0 Å². The molecule has 148 valence electrons. The van der Waals surface area contributed by atoms with Crippen molar-refractivity contribution in [2.45, 2.75) is 11.6 Å². The predicted octanol–water partition coefficient (Wildman–Crippen LogP) is 2.19. The molecule has 28 heavy (non-hydrogen) atoms. The normalized spacial score (nSPS) is 13.8. The Balaban J connectivity index is 1.82. The maximum absolute atomic E-state index is 13.2. The largest absolute Gasteiger partial charge is 0.453 e. The van der Waals surface area contributed by atoms with E-state index in [4.69, 9.17) is 0 Å². The summed E-state index contributed by atoms with van der Waals surface area (Å²) in [5.41, 5.74) is 2.33. The number of ether oxygens (including phenoxy) is 1. The van der Waals surface area contributed by atoms with Gasteiger partial charge in [0, 0.05) is 38.6 Å². The van der Waals surface area contributed by atoms with Gasteiger partial charge in [0.1, 0.15) is 11.4 Å². The number of alkyl carbamates (subject to hydrolysis) is 1. The van der Waals surface area contributed by atoms with Gasteiger partial charge in [0.05, 0.1) is 7.11 Å². The molecular formula is C19H23N5O3S. The molecule has 2 aromatic rings. The standard InChI is InChI=1S/C19H23N5O3S/c1-23-9-10-24(17(25)15-12-21-18(28-3)22-16(15)23)14-6-4-5-13(11-14)7-8-20-19(26)27-2/h4-6,11-12H,7-10H2,1-3H3,(H,20,26). The fraction of sp³-hybridized carbons (Fsp3) is 0.368. The Kier molecular flexibility index (Phi) is 6.35. The molecule has 8 nitrogen and oxygen atoms in total. The highest BCUT2D eigenvalue weighted by Crippen LogP contribution is 2.27. The number of nitrogens with zero attached hydrogens (tertiary/aromatic N) is 4. The molecule has 0 fully saturated rings. The van der Waals surface area contributed by atoms with E-state index >= 15 is 0 Å². The zero-order valence-corrected chi connectivity index (χ0v) is 17.0. The lowest BCUT2D eigenvalue weighted by Gasteiger charge is -2.21. The van der Waals surface area contributed by atoms with E-state index in [1.165, 1.54) is 18.9 Å². The molecule has 0 saturated heterocycles. The highest BCUT2D eigenvalue weighted by Gasteiger charge is 2.28. The number of nitrogens with one attached hydrogen (secondary N) is 1. The van der Waals surface area contributed by atoms with Crippen LogP contribution in [0.25, 0.3) is 0 Å². The van der Waals surface area contributed by atoms with Gasteiger partial charge in [-0.1, -0.05) is 23.9 Å². The van der Waals surface area contributed by atoms with Gasteiger partial charge in [-0.25, -0.2) is 14.8 Å². The van der Waals surface area contributed by atoms with Crippen molar-refractivity contribution in [2.75, 3.05) is 49.8 Å². The zero-order chi connectivity index (χ0) is 20.1. The molecule has 0 unspecified atom stereocenters. The third kappa shape index (κ3) is 4.36. The monoisotopic (exact) mass is 401 g/mol. The minimum absolute atomic E-state index is 0.114. The SMILES string of the molecule is COC(=O)NCCc1cccc(N2CCN(C)c3nc(SC)ncc3C2=O)c1. The second-order valence-corrected chi connectivity index (χ2v) is 7.08. The number of carbonyl (C=O) groups is 2. The summed E-state index contributed by atoms with van der Waals surface area (Å²) in [7, 11) is 3.27. The van der Waals surface area contributed by atoms with Crippen LogP contribution >= 0.6 is 11.8 Å². The lowest BCUT2D eigenvalue weighted by Crippen LogP contribution is -2.33. The number of fused-ring (bicyclic) bond motifs is 1. The second-order valence-electron chi connectivity index (χ2n) is 6.31. The fourth-order valence-electron chi connectivity index (χ4n) is 3.01. The molecule has 0 atom stereocenters. The van der Waals surface area contributed by atoms with Gasteiger partial charge in [0.15, 0.2) is 5.16 Å². The zero-order valence-electron chi connectivity index (χ0n) is 16.1. The van der Waals surface area contributed by atoms with E-state index in [0.717, 1.165) is 11.3 Å². The van der Waals surface area contributed by atoms with Crippen molar-refractivity contribution in [3.63, 3.8) is 0 Å². The Morgan fingerprint density at radius 2 is 2.18 bits per heavy atom. The molecule has 0 radical (unpaired) electrons. The van der Waals surface area contributed by atoms with Crippen LogP contribution in [0.15, 0.2) is 35.6 Å². The van der Waals surface area contributed by atoms with E-state index in [9.17, 15) is 9.59 Å². The van der Waals surface area contributed by atoms with Gasteiger partial charge in [-0.15, -0.1) is 0 Å². The first kappa shape index (κ1) is 19.9. The third-order valence-corrected chi connectivity index (χ3v) is 5.08. The summed E-state index contributed by atoms with van der Waals surface area (Å²) in [6.45, 7) is 1.67. The Bertz CT molecular complexity index is 876. The van der Waals surface area contributed by atoms with Crippen molar-refractivity contribution < 1.29 is 14.3 Å². The number of anilines is 2. The number of hydrogen-bond acceptors (Lipinski definition) is 7. The molecule has 3 rings (SSSR count). The summed E-state index contributed by atoms with van der Waals surface area (Å²) in [6.07, 6.45) is 3.70. The molecule has 1 aliphatic rings. The van der Waals surface area contributed by atoms with Crippen LogP contribution in [0.2, 0.25) is 0 Å². The van der Waals surface area contributed by atoms with Crippen LogP contribution < -0.4 is 15.1 Å². The lowest BCUT2D eigenvalue weighted by molar-refractivity contribution is 0.0989. The van der Waals surface area contributed by atoms with Crippen molar-refractivity contribution >= 4 is 35.3 Å². The van der Waals surface area contributed by atoms with Crippen LogP contribution in [0.5, 0.6) is 0 Å². The Morgan fingerprint density at radius 3 is 2.93 bits per heavy atom.